The van der Waals surface area contributed by atoms with Crippen molar-refractivity contribution in [2.24, 2.45) is 0 Å². The third kappa shape index (κ3) is 4.00. The second-order valence-corrected chi connectivity index (χ2v) is 3.75. The van der Waals surface area contributed by atoms with Gasteiger partial charge in [0.05, 0.1) is 24.6 Å². The molecule has 1 aromatic rings. The second-order valence-electron chi connectivity index (χ2n) is 3.35. The first-order valence-corrected chi connectivity index (χ1v) is 5.18. The fourth-order valence-corrected chi connectivity index (χ4v) is 1.55. The van der Waals surface area contributed by atoms with E-state index in [0.29, 0.717) is 5.56 Å². The highest BCUT2D eigenvalue weighted by Crippen LogP contribution is 2.37. The largest absolute Gasteiger partial charge is 0.493 e. The van der Waals surface area contributed by atoms with E-state index in [-0.39, 0.29) is 22.9 Å². The molecule has 0 aliphatic heterocycles. The number of halogens is 4. The van der Waals surface area contributed by atoms with Crippen molar-refractivity contribution >= 4 is 11.6 Å². The molecule has 0 saturated heterocycles. The molecule has 0 amide bonds. The van der Waals surface area contributed by atoms with Gasteiger partial charge in [-0.15, -0.1) is 0 Å². The Kier molecular flexibility index (Phi) is 4.68. The maximum Gasteiger partial charge on any atom is 0.422 e. The maximum absolute atomic E-state index is 12.1. The summed E-state index contributed by atoms with van der Waals surface area (Å²) in [6, 6.07) is 4.69. The molecule has 0 fully saturated rings. The second kappa shape index (κ2) is 5.83. The molecule has 0 N–H and O–H groups in total. The third-order valence-electron chi connectivity index (χ3n) is 1.95. The van der Waals surface area contributed by atoms with Gasteiger partial charge in [0, 0.05) is 0 Å². The van der Waals surface area contributed by atoms with Crippen LogP contribution >= 0.6 is 11.6 Å². The molecular formula is C11H9ClF3NO2. The molecule has 0 saturated carbocycles. The first kappa shape index (κ1) is 14.5. The van der Waals surface area contributed by atoms with Crippen molar-refractivity contribution in [3.63, 3.8) is 0 Å². The average molecular weight is 280 g/mol. The maximum atomic E-state index is 12.1. The first-order chi connectivity index (χ1) is 8.37. The van der Waals surface area contributed by atoms with Crippen LogP contribution in [-0.4, -0.2) is 19.9 Å². The third-order valence-corrected chi connectivity index (χ3v) is 2.23. The minimum absolute atomic E-state index is 0.0242. The Bertz CT molecular complexity index is 469. The zero-order chi connectivity index (χ0) is 13.8. The van der Waals surface area contributed by atoms with Crippen LogP contribution in [0, 0.1) is 11.3 Å². The molecule has 0 spiro atoms. The number of nitrogens with zero attached hydrogens (tertiary/aromatic N) is 1. The zero-order valence-corrected chi connectivity index (χ0v) is 10.1. The SMILES string of the molecule is COc1cc(CC#N)cc(Cl)c1OCC(F)(F)F. The standard InChI is InChI=1S/C11H9ClF3NO2/c1-17-9-5-7(2-3-16)4-8(12)10(9)18-6-11(13,14)15/h4-5H,2,6H2,1H3. The summed E-state index contributed by atoms with van der Waals surface area (Å²) in [4.78, 5) is 0. The van der Waals surface area contributed by atoms with Crippen molar-refractivity contribution < 1.29 is 22.6 Å². The quantitative estimate of drug-likeness (QED) is 0.849. The van der Waals surface area contributed by atoms with E-state index in [2.05, 4.69) is 4.74 Å². The van der Waals surface area contributed by atoms with Crippen LogP contribution in [-0.2, 0) is 6.42 Å². The average Bonchev–Trinajstić information content (AvgIpc) is 2.26. The Morgan fingerprint density at radius 3 is 2.56 bits per heavy atom. The fraction of sp³-hybridized carbons (Fsp3) is 0.364. The molecule has 98 valence electrons. The molecule has 0 atom stereocenters. The lowest BCUT2D eigenvalue weighted by Crippen LogP contribution is -2.19. The van der Waals surface area contributed by atoms with Gasteiger partial charge in [0.1, 0.15) is 0 Å². The molecular weight excluding hydrogens is 271 g/mol. The van der Waals surface area contributed by atoms with Gasteiger partial charge in [-0.1, -0.05) is 11.6 Å². The van der Waals surface area contributed by atoms with Crippen molar-refractivity contribution in [2.45, 2.75) is 12.6 Å². The number of ether oxygens (including phenoxy) is 2. The highest BCUT2D eigenvalue weighted by atomic mass is 35.5. The molecule has 7 heteroatoms. The number of benzene rings is 1. The van der Waals surface area contributed by atoms with Crippen molar-refractivity contribution in [2.75, 3.05) is 13.7 Å². The van der Waals surface area contributed by atoms with Gasteiger partial charge in [0.2, 0.25) is 0 Å². The van der Waals surface area contributed by atoms with E-state index < -0.39 is 12.8 Å². The zero-order valence-electron chi connectivity index (χ0n) is 9.34. The summed E-state index contributed by atoms with van der Waals surface area (Å²) in [6.45, 7) is -1.46. The smallest absolute Gasteiger partial charge is 0.422 e. The van der Waals surface area contributed by atoms with Crippen LogP contribution < -0.4 is 9.47 Å². The van der Waals surface area contributed by atoms with Crippen molar-refractivity contribution in [1.29, 1.82) is 5.26 Å². The lowest BCUT2D eigenvalue weighted by atomic mass is 10.1. The van der Waals surface area contributed by atoms with E-state index >= 15 is 0 Å². The first-order valence-electron chi connectivity index (χ1n) is 4.80. The van der Waals surface area contributed by atoms with Gasteiger partial charge in [0.25, 0.3) is 0 Å². The summed E-state index contributed by atoms with van der Waals surface area (Å²) < 4.78 is 45.7. The molecule has 0 radical (unpaired) electrons. The summed E-state index contributed by atoms with van der Waals surface area (Å²) >= 11 is 5.80. The molecule has 0 aliphatic carbocycles. The molecule has 1 rings (SSSR count). The topological polar surface area (TPSA) is 42.2 Å². The van der Waals surface area contributed by atoms with E-state index in [1.54, 1.807) is 0 Å². The number of hydrogen-bond acceptors (Lipinski definition) is 3. The summed E-state index contributed by atoms with van der Waals surface area (Å²) in [5.74, 6) is -0.116. The Hall–Kier alpha value is -1.61. The number of rotatable bonds is 4. The van der Waals surface area contributed by atoms with Crippen LogP contribution in [0.15, 0.2) is 12.1 Å². The number of methoxy groups -OCH3 is 1. The van der Waals surface area contributed by atoms with Crippen LogP contribution in [0.25, 0.3) is 0 Å². The van der Waals surface area contributed by atoms with Crippen LogP contribution in [0.3, 0.4) is 0 Å². The normalized spacial score (nSPS) is 10.9. The minimum Gasteiger partial charge on any atom is -0.493 e. The number of nitriles is 1. The van der Waals surface area contributed by atoms with Crippen molar-refractivity contribution in [1.82, 2.24) is 0 Å². The van der Waals surface area contributed by atoms with E-state index in [0.717, 1.165) is 0 Å². The summed E-state index contributed by atoms with van der Waals surface area (Å²) in [5.41, 5.74) is 0.540. The van der Waals surface area contributed by atoms with Crippen LogP contribution in [0.1, 0.15) is 5.56 Å². The van der Waals surface area contributed by atoms with E-state index in [1.165, 1.54) is 19.2 Å². The van der Waals surface area contributed by atoms with Gasteiger partial charge in [0.15, 0.2) is 18.1 Å². The molecule has 0 heterocycles. The lowest BCUT2D eigenvalue weighted by molar-refractivity contribution is -0.153. The molecule has 0 aliphatic rings. The van der Waals surface area contributed by atoms with E-state index in [1.807, 2.05) is 6.07 Å². The fourth-order valence-electron chi connectivity index (χ4n) is 1.26. The highest BCUT2D eigenvalue weighted by molar-refractivity contribution is 6.32. The molecule has 0 aromatic heterocycles. The van der Waals surface area contributed by atoms with Crippen molar-refractivity contribution in [3.8, 4) is 17.6 Å². The van der Waals surface area contributed by atoms with Gasteiger partial charge in [-0.2, -0.15) is 18.4 Å². The van der Waals surface area contributed by atoms with Gasteiger partial charge in [-0.25, -0.2) is 0 Å². The molecule has 3 nitrogen and oxygen atoms in total. The van der Waals surface area contributed by atoms with Crippen LogP contribution in [0.4, 0.5) is 13.2 Å². The molecule has 0 unspecified atom stereocenters. The number of alkyl halides is 3. The molecule has 1 aromatic carbocycles. The van der Waals surface area contributed by atoms with Gasteiger partial charge in [-0.05, 0) is 17.7 Å². The van der Waals surface area contributed by atoms with E-state index in [9.17, 15) is 13.2 Å². The molecule has 0 bridgehead atoms. The predicted octanol–water partition coefficient (Wildman–Crippen LogP) is 3.36. The van der Waals surface area contributed by atoms with Crippen LogP contribution in [0.5, 0.6) is 11.5 Å². The van der Waals surface area contributed by atoms with Crippen LogP contribution in [0.2, 0.25) is 5.02 Å². The van der Waals surface area contributed by atoms with Gasteiger partial charge < -0.3 is 9.47 Å². The Morgan fingerprint density at radius 1 is 1.39 bits per heavy atom. The lowest BCUT2D eigenvalue weighted by Gasteiger charge is -2.14. The van der Waals surface area contributed by atoms with Gasteiger partial charge in [-0.3, -0.25) is 0 Å². The predicted molar refractivity (Wildman–Crippen MR) is 58.9 cm³/mol. The monoisotopic (exact) mass is 279 g/mol. The van der Waals surface area contributed by atoms with Crippen molar-refractivity contribution in [3.05, 3.63) is 22.7 Å². The number of hydrogen-bond donors (Lipinski definition) is 0. The minimum atomic E-state index is -4.46. The Balaban J connectivity index is 3.00. The highest BCUT2D eigenvalue weighted by Gasteiger charge is 2.29. The summed E-state index contributed by atoms with van der Waals surface area (Å²) in [7, 11) is 1.28. The van der Waals surface area contributed by atoms with Gasteiger partial charge >= 0.3 is 6.18 Å². The molecule has 18 heavy (non-hydrogen) atoms. The summed E-state index contributed by atoms with van der Waals surface area (Å²) in [6.07, 6.45) is -4.38. The summed E-state index contributed by atoms with van der Waals surface area (Å²) in [5, 5.41) is 8.52. The Morgan fingerprint density at radius 2 is 2.06 bits per heavy atom. The van der Waals surface area contributed by atoms with E-state index in [4.69, 9.17) is 21.6 Å². The Labute approximate surface area is 107 Å².